The van der Waals surface area contributed by atoms with E-state index in [2.05, 4.69) is 9.97 Å². The minimum Gasteiger partial charge on any atom is -0.497 e. The molecule has 2 aliphatic rings. The molecule has 1 aromatic carbocycles. The van der Waals surface area contributed by atoms with E-state index in [4.69, 9.17) is 9.47 Å². The largest absolute Gasteiger partial charge is 0.497 e. The second-order valence-electron chi connectivity index (χ2n) is 7.31. The highest BCUT2D eigenvalue weighted by atomic mass is 16.5. The van der Waals surface area contributed by atoms with Gasteiger partial charge in [-0.25, -0.2) is 14.8 Å². The first kappa shape index (κ1) is 19.9. The van der Waals surface area contributed by atoms with Crippen molar-refractivity contribution in [3.05, 3.63) is 42.7 Å². The van der Waals surface area contributed by atoms with Gasteiger partial charge in [0.15, 0.2) is 0 Å². The minimum atomic E-state index is -0.156. The number of carbonyl (C=O) groups excluding carboxylic acids is 2. The van der Waals surface area contributed by atoms with Crippen LogP contribution in [-0.2, 0) is 4.79 Å². The minimum absolute atomic E-state index is 0.0674. The van der Waals surface area contributed by atoms with Crippen molar-refractivity contribution < 1.29 is 19.1 Å². The van der Waals surface area contributed by atoms with Crippen LogP contribution in [0.1, 0.15) is 12.8 Å². The molecule has 4 rings (SSSR count). The molecule has 0 N–H and O–H groups in total. The first-order chi connectivity index (χ1) is 14.6. The first-order valence-corrected chi connectivity index (χ1v) is 10.1. The lowest BCUT2D eigenvalue weighted by atomic mass is 10.1. The van der Waals surface area contributed by atoms with Crippen molar-refractivity contribution in [2.75, 3.05) is 44.7 Å². The van der Waals surface area contributed by atoms with Crippen LogP contribution >= 0.6 is 0 Å². The topological polar surface area (TPSA) is 88.1 Å². The van der Waals surface area contributed by atoms with Crippen LogP contribution in [0.15, 0.2) is 42.7 Å². The van der Waals surface area contributed by atoms with E-state index in [9.17, 15) is 9.59 Å². The second-order valence-corrected chi connectivity index (χ2v) is 7.31. The number of likely N-dealkylation sites (tertiary alicyclic amines) is 1. The molecule has 3 amide bonds. The highest BCUT2D eigenvalue weighted by Gasteiger charge is 2.33. The fourth-order valence-corrected chi connectivity index (χ4v) is 3.75. The molecule has 0 aliphatic carbocycles. The molecule has 0 bridgehead atoms. The molecule has 0 spiro atoms. The predicted octanol–water partition coefficient (Wildman–Crippen LogP) is 1.80. The summed E-state index contributed by atoms with van der Waals surface area (Å²) in [5.74, 6) is 0.669. The average molecular weight is 411 g/mol. The van der Waals surface area contributed by atoms with Crippen molar-refractivity contribution in [2.24, 2.45) is 0 Å². The normalized spacial score (nSPS) is 19.2. The third-order valence-electron chi connectivity index (χ3n) is 5.35. The van der Waals surface area contributed by atoms with Crippen molar-refractivity contribution in [1.29, 1.82) is 0 Å². The van der Waals surface area contributed by atoms with Crippen LogP contribution in [0.25, 0.3) is 0 Å². The smallest absolute Gasteiger partial charge is 0.325 e. The fraction of sp³-hybridized carbons (Fsp3) is 0.429. The number of hydrogen-bond donors (Lipinski definition) is 0. The quantitative estimate of drug-likeness (QED) is 0.720. The van der Waals surface area contributed by atoms with E-state index in [1.807, 2.05) is 24.3 Å². The van der Waals surface area contributed by atoms with E-state index >= 15 is 0 Å². The molecule has 1 aromatic heterocycles. The van der Waals surface area contributed by atoms with Gasteiger partial charge in [-0.2, -0.15) is 0 Å². The van der Waals surface area contributed by atoms with Crippen molar-refractivity contribution in [2.45, 2.75) is 18.9 Å². The van der Waals surface area contributed by atoms with E-state index in [0.717, 1.165) is 24.3 Å². The Bertz CT molecular complexity index is 877. The van der Waals surface area contributed by atoms with Crippen molar-refractivity contribution in [3.63, 3.8) is 0 Å². The Hall–Kier alpha value is -3.36. The molecule has 3 heterocycles. The van der Waals surface area contributed by atoms with Gasteiger partial charge in [-0.05, 0) is 43.2 Å². The van der Waals surface area contributed by atoms with Crippen molar-refractivity contribution in [1.82, 2.24) is 19.8 Å². The highest BCUT2D eigenvalue weighted by molar-refractivity contribution is 5.96. The second kappa shape index (κ2) is 8.98. The summed E-state index contributed by atoms with van der Waals surface area (Å²) < 4.78 is 11.0. The Labute approximate surface area is 175 Å². The van der Waals surface area contributed by atoms with Gasteiger partial charge in [-0.15, -0.1) is 0 Å². The molecule has 1 unspecified atom stereocenters. The van der Waals surface area contributed by atoms with Gasteiger partial charge in [-0.3, -0.25) is 9.69 Å². The average Bonchev–Trinajstić information content (AvgIpc) is 3.14. The Kier molecular flexibility index (Phi) is 5.97. The zero-order chi connectivity index (χ0) is 20.9. The molecule has 9 nitrogen and oxygen atoms in total. The number of amides is 3. The molecular formula is C21H25N5O4. The molecule has 2 saturated heterocycles. The number of methoxy groups -OCH3 is 1. The zero-order valence-electron chi connectivity index (χ0n) is 16.9. The number of rotatable bonds is 6. The van der Waals surface area contributed by atoms with E-state index in [1.165, 1.54) is 0 Å². The Morgan fingerprint density at radius 1 is 1.13 bits per heavy atom. The molecule has 9 heteroatoms. The number of nitrogens with zero attached hydrogens (tertiary/aromatic N) is 5. The van der Waals surface area contributed by atoms with Crippen LogP contribution in [0.2, 0.25) is 0 Å². The summed E-state index contributed by atoms with van der Waals surface area (Å²) in [7, 11) is 1.60. The van der Waals surface area contributed by atoms with Crippen molar-refractivity contribution in [3.8, 4) is 11.8 Å². The molecule has 158 valence electrons. The van der Waals surface area contributed by atoms with Gasteiger partial charge < -0.3 is 19.3 Å². The Morgan fingerprint density at radius 3 is 2.63 bits per heavy atom. The number of anilines is 1. The molecule has 2 aromatic rings. The SMILES string of the molecule is COc1ccc(N2CCN(CC(=O)N3CCCC(Oc4ncccn4)C3)C2=O)cc1. The Balaban J connectivity index is 1.32. The standard InChI is InChI=1S/C21H25N5O4/c1-29-17-7-5-16(6-8-17)26-13-12-25(21(26)28)15-19(27)24-11-2-4-18(14-24)30-20-22-9-3-10-23-20/h3,5-10,18H,2,4,11-15H2,1H3. The van der Waals surface area contributed by atoms with Gasteiger partial charge in [-0.1, -0.05) is 0 Å². The lowest BCUT2D eigenvalue weighted by Gasteiger charge is -2.33. The lowest BCUT2D eigenvalue weighted by Crippen LogP contribution is -2.48. The molecule has 2 aliphatic heterocycles. The number of aromatic nitrogens is 2. The maximum atomic E-state index is 12.8. The van der Waals surface area contributed by atoms with E-state index < -0.39 is 0 Å². The number of hydrogen-bond acceptors (Lipinski definition) is 6. The van der Waals surface area contributed by atoms with Gasteiger partial charge in [0.05, 0.1) is 13.7 Å². The molecule has 2 fully saturated rings. The third kappa shape index (κ3) is 4.45. The van der Waals surface area contributed by atoms with Gasteiger partial charge >= 0.3 is 12.0 Å². The zero-order valence-corrected chi connectivity index (χ0v) is 16.9. The predicted molar refractivity (Wildman–Crippen MR) is 110 cm³/mol. The van der Waals surface area contributed by atoms with Gasteiger partial charge in [0, 0.05) is 37.7 Å². The van der Waals surface area contributed by atoms with Crippen LogP contribution in [-0.4, -0.2) is 77.6 Å². The maximum absolute atomic E-state index is 12.8. The number of benzene rings is 1. The van der Waals surface area contributed by atoms with E-state index in [0.29, 0.717) is 32.2 Å². The number of ether oxygens (including phenoxy) is 2. The molecule has 30 heavy (non-hydrogen) atoms. The van der Waals surface area contributed by atoms with Gasteiger partial charge in [0.2, 0.25) is 5.91 Å². The summed E-state index contributed by atoms with van der Waals surface area (Å²) in [4.78, 5) is 38.8. The van der Waals surface area contributed by atoms with Crippen LogP contribution in [0.5, 0.6) is 11.8 Å². The summed E-state index contributed by atoms with van der Waals surface area (Å²) >= 11 is 0. The number of carbonyl (C=O) groups is 2. The molecule has 1 atom stereocenters. The highest BCUT2D eigenvalue weighted by Crippen LogP contribution is 2.23. The van der Waals surface area contributed by atoms with Crippen LogP contribution in [0.4, 0.5) is 10.5 Å². The Morgan fingerprint density at radius 2 is 1.90 bits per heavy atom. The van der Waals surface area contributed by atoms with E-state index in [-0.39, 0.29) is 24.6 Å². The van der Waals surface area contributed by atoms with Gasteiger partial charge in [0.1, 0.15) is 18.4 Å². The van der Waals surface area contributed by atoms with Crippen molar-refractivity contribution >= 4 is 17.6 Å². The molecule has 0 radical (unpaired) electrons. The summed E-state index contributed by atoms with van der Waals surface area (Å²) in [6.45, 7) is 2.28. The first-order valence-electron chi connectivity index (χ1n) is 10.1. The summed E-state index contributed by atoms with van der Waals surface area (Å²) in [6.07, 6.45) is 4.80. The van der Waals surface area contributed by atoms with E-state index in [1.54, 1.807) is 40.3 Å². The molecular weight excluding hydrogens is 386 g/mol. The summed E-state index contributed by atoms with van der Waals surface area (Å²) in [5, 5.41) is 0. The fourth-order valence-electron chi connectivity index (χ4n) is 3.75. The van der Waals surface area contributed by atoms with Crippen LogP contribution in [0.3, 0.4) is 0 Å². The monoisotopic (exact) mass is 411 g/mol. The maximum Gasteiger partial charge on any atom is 0.325 e. The molecule has 0 saturated carbocycles. The lowest BCUT2D eigenvalue weighted by molar-refractivity contribution is -0.134. The summed E-state index contributed by atoms with van der Waals surface area (Å²) in [6, 6.07) is 9.23. The third-order valence-corrected chi connectivity index (χ3v) is 5.35. The van der Waals surface area contributed by atoms with Gasteiger partial charge in [0.25, 0.3) is 0 Å². The summed E-state index contributed by atoms with van der Waals surface area (Å²) in [5.41, 5.74) is 0.796. The van der Waals surface area contributed by atoms with Crippen LogP contribution < -0.4 is 14.4 Å². The number of piperidine rings is 1. The number of urea groups is 1. The van der Waals surface area contributed by atoms with Crippen LogP contribution in [0, 0.1) is 0 Å².